The smallest absolute Gasteiger partial charge is 0.416 e. The van der Waals surface area contributed by atoms with E-state index < -0.39 is 16.7 Å². The summed E-state index contributed by atoms with van der Waals surface area (Å²) in [6, 6.07) is 16.8. The average molecular weight is 627 g/mol. The maximum absolute atomic E-state index is 12.6. The molecule has 42 heavy (non-hydrogen) atoms. The highest BCUT2D eigenvalue weighted by molar-refractivity contribution is 8.12. The van der Waals surface area contributed by atoms with Crippen LogP contribution in [0.1, 0.15) is 45.7 Å². The molecule has 1 atom stereocenters. The van der Waals surface area contributed by atoms with Gasteiger partial charge < -0.3 is 14.4 Å². The Balaban J connectivity index is 0.000000307. The van der Waals surface area contributed by atoms with E-state index in [-0.39, 0.29) is 39.8 Å². The second-order valence-corrected chi connectivity index (χ2v) is 10.7. The quantitative estimate of drug-likeness (QED) is 0.165. The Morgan fingerprint density at radius 2 is 1.69 bits per heavy atom. The third kappa shape index (κ3) is 10.4. The third-order valence-electron chi connectivity index (χ3n) is 6.15. The molecule has 0 aromatic heterocycles. The third-order valence-corrected chi connectivity index (χ3v) is 7.41. The highest BCUT2D eigenvalue weighted by atomic mass is 35.5. The largest absolute Gasteiger partial charge is 0.487 e. The Morgan fingerprint density at radius 1 is 1.02 bits per heavy atom. The monoisotopic (exact) mass is 626 g/mol. The summed E-state index contributed by atoms with van der Waals surface area (Å²) >= 11 is 7.20. The van der Waals surface area contributed by atoms with E-state index in [1.54, 1.807) is 6.92 Å². The van der Waals surface area contributed by atoms with E-state index in [0.717, 1.165) is 30.5 Å². The molecule has 0 radical (unpaired) electrons. The maximum atomic E-state index is 12.6. The predicted molar refractivity (Wildman–Crippen MR) is 161 cm³/mol. The molecule has 12 heteroatoms. The summed E-state index contributed by atoms with van der Waals surface area (Å²) in [6.07, 6.45) is -4.52. The van der Waals surface area contributed by atoms with Gasteiger partial charge in [0.25, 0.3) is 5.24 Å². The first-order valence-corrected chi connectivity index (χ1v) is 14.6. The number of amides is 1. The Bertz CT molecular complexity index is 1330. The lowest BCUT2D eigenvalue weighted by molar-refractivity contribution is -0.385. The van der Waals surface area contributed by atoms with Crippen LogP contribution in [0.3, 0.4) is 0 Å². The van der Waals surface area contributed by atoms with E-state index in [2.05, 4.69) is 32.9 Å². The molecule has 0 N–H and O–H groups in total. The van der Waals surface area contributed by atoms with Crippen LogP contribution >= 0.6 is 23.4 Å². The van der Waals surface area contributed by atoms with E-state index >= 15 is 0 Å². The first-order chi connectivity index (χ1) is 19.8. The van der Waals surface area contributed by atoms with Crippen LogP contribution in [0, 0.1) is 16.0 Å². The van der Waals surface area contributed by atoms with Crippen LogP contribution < -0.4 is 9.47 Å². The summed E-state index contributed by atoms with van der Waals surface area (Å²) in [5, 5.41) is 10.9. The second-order valence-electron chi connectivity index (χ2n) is 9.38. The molecule has 0 aliphatic rings. The number of carbonyl (C=O) groups is 1. The summed E-state index contributed by atoms with van der Waals surface area (Å²) in [6.45, 7) is 11.1. The maximum Gasteiger partial charge on any atom is 0.416 e. The summed E-state index contributed by atoms with van der Waals surface area (Å²) in [5.41, 5.74) is 0.0466. The van der Waals surface area contributed by atoms with Crippen LogP contribution in [0.25, 0.3) is 0 Å². The zero-order valence-electron chi connectivity index (χ0n) is 24.0. The van der Waals surface area contributed by atoms with Gasteiger partial charge in [-0.3, -0.25) is 14.9 Å². The van der Waals surface area contributed by atoms with Crippen LogP contribution in [0.4, 0.5) is 23.7 Å². The van der Waals surface area contributed by atoms with E-state index in [4.69, 9.17) is 21.1 Å². The van der Waals surface area contributed by atoms with E-state index in [1.807, 2.05) is 30.0 Å². The summed E-state index contributed by atoms with van der Waals surface area (Å²) < 4.78 is 48.4. The van der Waals surface area contributed by atoms with Crippen LogP contribution in [0.15, 0.2) is 66.7 Å². The molecule has 3 rings (SSSR count). The van der Waals surface area contributed by atoms with Crippen LogP contribution in [-0.2, 0) is 11.9 Å². The number of nitro benzene ring substituents is 1. The number of hydrogen-bond acceptors (Lipinski definition) is 6. The van der Waals surface area contributed by atoms with Gasteiger partial charge in [-0.2, -0.15) is 13.2 Å². The molecular weight excluding hydrogens is 593 g/mol. The summed E-state index contributed by atoms with van der Waals surface area (Å²) in [4.78, 5) is 24.4. The highest BCUT2D eigenvalue weighted by Gasteiger charge is 2.31. The van der Waals surface area contributed by atoms with Gasteiger partial charge in [0.15, 0.2) is 0 Å². The molecule has 228 valence electrons. The fraction of sp³-hybridized carbons (Fsp3) is 0.367. The number of ether oxygens (including phenoxy) is 2. The normalized spacial score (nSPS) is 11.8. The fourth-order valence-corrected chi connectivity index (χ4v) is 4.78. The molecule has 0 saturated heterocycles. The van der Waals surface area contributed by atoms with Crippen molar-refractivity contribution < 1.29 is 32.4 Å². The molecule has 0 spiro atoms. The highest BCUT2D eigenvalue weighted by Crippen LogP contribution is 2.38. The molecule has 0 aliphatic carbocycles. The number of alkyl halides is 3. The number of benzene rings is 3. The predicted octanol–water partition coefficient (Wildman–Crippen LogP) is 9.86. The summed E-state index contributed by atoms with van der Waals surface area (Å²) in [7, 11) is 0. The Morgan fingerprint density at radius 3 is 2.21 bits per heavy atom. The lowest BCUT2D eigenvalue weighted by atomic mass is 10.1. The minimum absolute atomic E-state index is 0.0111. The molecule has 0 bridgehead atoms. The van der Waals surface area contributed by atoms with Crippen molar-refractivity contribution in [2.24, 2.45) is 5.92 Å². The van der Waals surface area contributed by atoms with Gasteiger partial charge in [0.05, 0.1) is 22.1 Å². The minimum Gasteiger partial charge on any atom is -0.487 e. The van der Waals surface area contributed by atoms with Crippen LogP contribution in [0.5, 0.6) is 17.2 Å². The first-order valence-electron chi connectivity index (χ1n) is 13.2. The van der Waals surface area contributed by atoms with Crippen molar-refractivity contribution in [2.45, 2.75) is 52.6 Å². The van der Waals surface area contributed by atoms with Gasteiger partial charge in [-0.05, 0) is 56.5 Å². The van der Waals surface area contributed by atoms with Crippen molar-refractivity contribution in [3.63, 3.8) is 0 Å². The second kappa shape index (κ2) is 16.3. The molecule has 3 aromatic carbocycles. The number of nitro groups is 1. The lowest BCUT2D eigenvalue weighted by Gasteiger charge is -2.30. The van der Waals surface area contributed by atoms with Crippen molar-refractivity contribution in [1.29, 1.82) is 0 Å². The molecule has 0 saturated carbocycles. The Kier molecular flexibility index (Phi) is 13.5. The summed E-state index contributed by atoms with van der Waals surface area (Å²) in [5.74, 6) is 1.36. The number of hydrogen-bond donors (Lipinski definition) is 0. The lowest BCUT2D eigenvalue weighted by Crippen LogP contribution is -2.39. The molecular formula is C30H34ClF3N2O5S. The van der Waals surface area contributed by atoms with E-state index in [0.29, 0.717) is 12.0 Å². The van der Waals surface area contributed by atoms with Gasteiger partial charge >= 0.3 is 11.9 Å². The van der Waals surface area contributed by atoms with Crippen LogP contribution in [0.2, 0.25) is 5.02 Å². The average Bonchev–Trinajstić information content (AvgIpc) is 2.94. The van der Waals surface area contributed by atoms with Crippen molar-refractivity contribution in [2.75, 3.05) is 13.2 Å². The molecule has 3 aromatic rings. The minimum atomic E-state index is -4.52. The van der Waals surface area contributed by atoms with Crippen LogP contribution in [-0.4, -0.2) is 34.3 Å². The van der Waals surface area contributed by atoms with Gasteiger partial charge in [0.1, 0.15) is 11.5 Å². The van der Waals surface area contributed by atoms with Crippen molar-refractivity contribution >= 4 is 34.3 Å². The number of nitrogens with zero attached hydrogens (tertiary/aromatic N) is 2. The number of rotatable bonds is 10. The van der Waals surface area contributed by atoms with Gasteiger partial charge in [-0.1, -0.05) is 67.5 Å². The first kappa shape index (κ1) is 34.8. The van der Waals surface area contributed by atoms with Crippen molar-refractivity contribution in [1.82, 2.24) is 4.90 Å². The van der Waals surface area contributed by atoms with Crippen molar-refractivity contribution in [3.8, 4) is 17.2 Å². The SMILES string of the molecule is CCN(C(=O)SCc1ccccc1)C(C)C(C)C.CCOc1cc(Oc2ccc(C(F)(F)F)cc2Cl)ccc1[N+](=O)[O-]. The molecule has 1 unspecified atom stereocenters. The van der Waals surface area contributed by atoms with Gasteiger partial charge in [0.2, 0.25) is 5.75 Å². The molecule has 1 amide bonds. The standard InChI is InChI=1S/C15H11ClF3NO4.C15H23NOS/c1-2-23-14-8-10(4-5-12(14)20(21)22)24-13-6-3-9(7-11(13)16)15(17,18)19;1-5-16(13(4)12(2)3)15(17)18-11-14-9-7-6-8-10-14/h3-8H,2H2,1H3;6-10,12-13H,5,11H2,1-4H3. The van der Waals surface area contributed by atoms with Gasteiger partial charge in [-0.25, -0.2) is 0 Å². The van der Waals surface area contributed by atoms with Gasteiger partial charge in [-0.15, -0.1) is 0 Å². The van der Waals surface area contributed by atoms with E-state index in [1.165, 1.54) is 35.5 Å². The zero-order chi connectivity index (χ0) is 31.4. The topological polar surface area (TPSA) is 81.9 Å². The molecule has 0 aliphatic heterocycles. The molecule has 0 heterocycles. The molecule has 7 nitrogen and oxygen atoms in total. The Labute approximate surface area is 253 Å². The number of carbonyl (C=O) groups excluding carboxylic acids is 1. The van der Waals surface area contributed by atoms with Crippen molar-refractivity contribution in [3.05, 3.63) is 93.0 Å². The fourth-order valence-electron chi connectivity index (χ4n) is 3.61. The number of thioether (sulfide) groups is 1. The number of halogens is 4. The zero-order valence-corrected chi connectivity index (χ0v) is 25.6. The Hall–Kier alpha value is -3.44. The molecule has 0 fully saturated rings. The van der Waals surface area contributed by atoms with Gasteiger partial charge in [0, 0.05) is 30.5 Å². The van der Waals surface area contributed by atoms with E-state index in [9.17, 15) is 28.1 Å².